The average molecular weight is 345 g/mol. The number of ether oxygens (including phenoxy) is 1. The number of alkyl halides is 3. The molecule has 0 saturated carbocycles. The van der Waals surface area contributed by atoms with Crippen LogP contribution in [-0.4, -0.2) is 16.6 Å². The average Bonchev–Trinajstić information content (AvgIpc) is 3.08. The highest BCUT2D eigenvalue weighted by Crippen LogP contribution is 2.38. The lowest BCUT2D eigenvalue weighted by atomic mass is 10.1. The Morgan fingerprint density at radius 3 is 2.44 bits per heavy atom. The SMILES string of the molecule is Cc1ccc2cc3c(Nc4ccc(OC(F)(F)F)cc4)[nH][nH]c-3c2c1. The topological polar surface area (TPSA) is 52.8 Å². The third-order valence-electron chi connectivity index (χ3n) is 3.99. The zero-order valence-corrected chi connectivity index (χ0v) is 13.2. The summed E-state index contributed by atoms with van der Waals surface area (Å²) in [6, 6.07) is 13.9. The summed E-state index contributed by atoms with van der Waals surface area (Å²) in [6.45, 7) is 2.04. The van der Waals surface area contributed by atoms with Crippen LogP contribution in [0.15, 0.2) is 48.5 Å². The molecule has 0 amide bonds. The number of aromatic amines is 2. The predicted molar refractivity (Wildman–Crippen MR) is 90.4 cm³/mol. The monoisotopic (exact) mass is 345 g/mol. The van der Waals surface area contributed by atoms with Crippen molar-refractivity contribution in [2.45, 2.75) is 13.3 Å². The van der Waals surface area contributed by atoms with Crippen LogP contribution in [0.1, 0.15) is 5.56 Å². The Bertz CT molecular complexity index is 999. The number of halogens is 3. The van der Waals surface area contributed by atoms with Gasteiger partial charge in [-0.2, -0.15) is 0 Å². The van der Waals surface area contributed by atoms with Crippen molar-refractivity contribution in [3.63, 3.8) is 0 Å². The largest absolute Gasteiger partial charge is 0.573 e. The van der Waals surface area contributed by atoms with Gasteiger partial charge in [0.15, 0.2) is 0 Å². The lowest BCUT2D eigenvalue weighted by Gasteiger charge is -2.10. The van der Waals surface area contributed by atoms with Gasteiger partial charge < -0.3 is 10.1 Å². The Kier molecular flexibility index (Phi) is 3.38. The fraction of sp³-hybridized carbons (Fsp3) is 0.111. The summed E-state index contributed by atoms with van der Waals surface area (Å²) >= 11 is 0. The van der Waals surface area contributed by atoms with Crippen LogP contribution < -0.4 is 10.1 Å². The van der Waals surface area contributed by atoms with Crippen LogP contribution in [0.5, 0.6) is 5.75 Å². The van der Waals surface area contributed by atoms with Gasteiger partial charge in [0.2, 0.25) is 0 Å². The highest BCUT2D eigenvalue weighted by Gasteiger charge is 2.31. The van der Waals surface area contributed by atoms with E-state index in [9.17, 15) is 13.2 Å². The first-order valence-electron chi connectivity index (χ1n) is 7.61. The Labute approximate surface area is 140 Å². The van der Waals surface area contributed by atoms with E-state index in [0.29, 0.717) is 5.69 Å². The molecule has 128 valence electrons. The van der Waals surface area contributed by atoms with Crippen molar-refractivity contribution < 1.29 is 17.9 Å². The maximum Gasteiger partial charge on any atom is 0.573 e. The number of nitrogens with one attached hydrogen (secondary N) is 3. The molecule has 0 radical (unpaired) electrons. The molecule has 4 rings (SSSR count). The molecule has 7 heteroatoms. The molecule has 1 aliphatic heterocycles. The van der Waals surface area contributed by atoms with Crippen LogP contribution in [-0.2, 0) is 0 Å². The Morgan fingerprint density at radius 2 is 1.72 bits per heavy atom. The molecule has 25 heavy (non-hydrogen) atoms. The lowest BCUT2D eigenvalue weighted by Crippen LogP contribution is -2.16. The molecule has 0 saturated heterocycles. The van der Waals surface area contributed by atoms with Gasteiger partial charge in [-0.1, -0.05) is 17.7 Å². The van der Waals surface area contributed by atoms with Gasteiger partial charge in [-0.05, 0) is 48.7 Å². The van der Waals surface area contributed by atoms with E-state index >= 15 is 0 Å². The van der Waals surface area contributed by atoms with Crippen molar-refractivity contribution in [2.24, 2.45) is 0 Å². The number of fused-ring (bicyclic) bond motifs is 3. The van der Waals surface area contributed by atoms with Gasteiger partial charge in [0, 0.05) is 16.6 Å². The van der Waals surface area contributed by atoms with E-state index in [2.05, 4.69) is 44.5 Å². The molecule has 1 aliphatic carbocycles. The van der Waals surface area contributed by atoms with Gasteiger partial charge in [-0.25, -0.2) is 0 Å². The second-order valence-electron chi connectivity index (χ2n) is 5.85. The Morgan fingerprint density at radius 1 is 0.960 bits per heavy atom. The Balaban J connectivity index is 1.60. The molecule has 2 aromatic carbocycles. The molecule has 0 bridgehead atoms. The maximum absolute atomic E-state index is 12.2. The summed E-state index contributed by atoms with van der Waals surface area (Å²) in [5.74, 6) is 0.490. The third-order valence-corrected chi connectivity index (χ3v) is 3.99. The van der Waals surface area contributed by atoms with Gasteiger partial charge >= 0.3 is 6.36 Å². The summed E-state index contributed by atoms with van der Waals surface area (Å²) < 4.78 is 40.5. The predicted octanol–water partition coefficient (Wildman–Crippen LogP) is 5.55. The highest BCUT2D eigenvalue weighted by molar-refractivity contribution is 6.04. The minimum atomic E-state index is -4.69. The molecular formula is C18H14F3N3O. The van der Waals surface area contributed by atoms with Crippen molar-refractivity contribution >= 4 is 22.3 Å². The summed E-state index contributed by atoms with van der Waals surface area (Å²) in [4.78, 5) is 0. The van der Waals surface area contributed by atoms with E-state index in [1.54, 1.807) is 0 Å². The standard InChI is InChI=1S/C18H14F3N3O/c1-10-2-3-11-9-15-16(14(11)8-10)23-24-17(15)22-12-4-6-13(7-5-12)25-18(19,20)21/h2-9,22-24H,1H3. The van der Waals surface area contributed by atoms with Crippen molar-refractivity contribution in [3.05, 3.63) is 54.1 Å². The molecule has 3 N–H and O–H groups in total. The third kappa shape index (κ3) is 3.00. The minimum absolute atomic E-state index is 0.254. The van der Waals surface area contributed by atoms with Crippen LogP contribution in [0, 0.1) is 6.92 Å². The number of hydrogen-bond donors (Lipinski definition) is 3. The maximum atomic E-state index is 12.2. The number of benzene rings is 2. The van der Waals surface area contributed by atoms with E-state index in [-0.39, 0.29) is 5.75 Å². The first kappa shape index (κ1) is 15.4. The number of aromatic nitrogens is 2. The second kappa shape index (κ2) is 5.47. The van der Waals surface area contributed by atoms with E-state index < -0.39 is 6.36 Å². The summed E-state index contributed by atoms with van der Waals surface area (Å²) in [6.07, 6.45) is -4.69. The fourth-order valence-corrected chi connectivity index (χ4v) is 2.89. The molecule has 0 unspecified atom stereocenters. The van der Waals surface area contributed by atoms with Crippen molar-refractivity contribution in [3.8, 4) is 17.0 Å². The molecule has 2 aliphatic rings. The zero-order valence-electron chi connectivity index (χ0n) is 13.2. The van der Waals surface area contributed by atoms with E-state index in [1.165, 1.54) is 29.8 Å². The second-order valence-corrected chi connectivity index (χ2v) is 5.85. The van der Waals surface area contributed by atoms with Crippen molar-refractivity contribution in [1.29, 1.82) is 0 Å². The molecule has 0 atom stereocenters. The van der Waals surface area contributed by atoms with Crippen LogP contribution >= 0.6 is 0 Å². The Hall–Kier alpha value is -3.09. The molecule has 0 spiro atoms. The highest BCUT2D eigenvalue weighted by atomic mass is 19.4. The smallest absolute Gasteiger partial charge is 0.406 e. The normalized spacial score (nSPS) is 12.0. The zero-order chi connectivity index (χ0) is 17.6. The first-order chi connectivity index (χ1) is 11.9. The number of aryl methyl sites for hydroxylation is 1. The quantitative estimate of drug-likeness (QED) is 0.456. The molecule has 0 aromatic heterocycles. The molecule has 4 nitrogen and oxygen atoms in total. The van der Waals surface area contributed by atoms with Crippen LogP contribution in [0.2, 0.25) is 0 Å². The molecule has 2 aromatic rings. The summed E-state index contributed by atoms with van der Waals surface area (Å²) in [7, 11) is 0. The van der Waals surface area contributed by atoms with Crippen LogP contribution in [0.3, 0.4) is 0 Å². The number of H-pyrrole nitrogens is 2. The molecule has 0 fully saturated rings. The van der Waals surface area contributed by atoms with Crippen LogP contribution in [0.25, 0.3) is 22.0 Å². The number of hydrogen-bond acceptors (Lipinski definition) is 2. The van der Waals surface area contributed by atoms with Gasteiger partial charge in [0.1, 0.15) is 11.6 Å². The molecular weight excluding hydrogens is 331 g/mol. The van der Waals surface area contributed by atoms with Gasteiger partial charge in [-0.3, -0.25) is 10.2 Å². The first-order valence-corrected chi connectivity index (χ1v) is 7.61. The number of anilines is 2. The van der Waals surface area contributed by atoms with Crippen LogP contribution in [0.4, 0.5) is 24.7 Å². The minimum Gasteiger partial charge on any atom is -0.406 e. The van der Waals surface area contributed by atoms with Crippen molar-refractivity contribution in [2.75, 3.05) is 5.32 Å². The van der Waals surface area contributed by atoms with Gasteiger partial charge in [0.25, 0.3) is 0 Å². The summed E-state index contributed by atoms with van der Waals surface area (Å²) in [5, 5.41) is 11.6. The van der Waals surface area contributed by atoms with Gasteiger partial charge in [0.05, 0.1) is 5.69 Å². The van der Waals surface area contributed by atoms with E-state index in [1.807, 2.05) is 6.92 Å². The summed E-state index contributed by atoms with van der Waals surface area (Å²) in [5.41, 5.74) is 3.78. The fourth-order valence-electron chi connectivity index (χ4n) is 2.89. The molecule has 1 heterocycles. The van der Waals surface area contributed by atoms with E-state index in [0.717, 1.165) is 27.8 Å². The number of rotatable bonds is 3. The van der Waals surface area contributed by atoms with Crippen molar-refractivity contribution in [1.82, 2.24) is 10.2 Å². The lowest BCUT2D eigenvalue weighted by molar-refractivity contribution is -0.274. The van der Waals surface area contributed by atoms with Gasteiger partial charge in [-0.15, -0.1) is 13.2 Å². The van der Waals surface area contributed by atoms with E-state index in [4.69, 9.17) is 0 Å².